The predicted octanol–water partition coefficient (Wildman–Crippen LogP) is 4.10. The summed E-state index contributed by atoms with van der Waals surface area (Å²) in [6.45, 7) is 8.30. The second kappa shape index (κ2) is 8.07. The van der Waals surface area contributed by atoms with E-state index in [1.54, 1.807) is 0 Å². The first-order valence-corrected chi connectivity index (χ1v) is 10.3. The van der Waals surface area contributed by atoms with Gasteiger partial charge in [0.2, 0.25) is 0 Å². The van der Waals surface area contributed by atoms with E-state index >= 15 is 0 Å². The van der Waals surface area contributed by atoms with Crippen LogP contribution in [0.3, 0.4) is 0 Å². The standard InChI is InChI=1S/C19H34O3S/c1-4-6-11-21-15-9-7-13-14-8-10-16(20-5-2)19(23)18(14)22-17(13)12(15)3/h12-19,23H,4-11H2,1-3H3. The van der Waals surface area contributed by atoms with Gasteiger partial charge in [-0.3, -0.25) is 0 Å². The fraction of sp³-hybridized carbons (Fsp3) is 1.00. The van der Waals surface area contributed by atoms with Gasteiger partial charge in [-0.05, 0) is 50.9 Å². The van der Waals surface area contributed by atoms with Crippen LogP contribution in [0.25, 0.3) is 0 Å². The van der Waals surface area contributed by atoms with Gasteiger partial charge in [0.1, 0.15) is 0 Å². The minimum absolute atomic E-state index is 0.228. The fourth-order valence-corrected chi connectivity index (χ4v) is 5.58. The molecule has 0 aromatic rings. The van der Waals surface area contributed by atoms with Crippen molar-refractivity contribution in [2.75, 3.05) is 13.2 Å². The summed E-state index contributed by atoms with van der Waals surface area (Å²) >= 11 is 4.88. The summed E-state index contributed by atoms with van der Waals surface area (Å²) in [5.41, 5.74) is 0. The van der Waals surface area contributed by atoms with Crippen LogP contribution < -0.4 is 0 Å². The van der Waals surface area contributed by atoms with E-state index in [1.165, 1.54) is 25.7 Å². The summed E-state index contributed by atoms with van der Waals surface area (Å²) in [5.74, 6) is 1.89. The third kappa shape index (κ3) is 3.61. The highest BCUT2D eigenvalue weighted by Gasteiger charge is 2.54. The van der Waals surface area contributed by atoms with Crippen LogP contribution in [0.4, 0.5) is 0 Å². The highest BCUT2D eigenvalue weighted by Crippen LogP contribution is 2.51. The molecule has 0 bridgehead atoms. The molecule has 134 valence electrons. The van der Waals surface area contributed by atoms with E-state index in [1.807, 2.05) is 0 Å². The molecule has 0 aromatic heterocycles. The Morgan fingerprint density at radius 1 is 0.957 bits per heavy atom. The van der Waals surface area contributed by atoms with Crippen molar-refractivity contribution in [1.82, 2.24) is 0 Å². The van der Waals surface area contributed by atoms with Crippen LogP contribution >= 0.6 is 12.6 Å². The maximum atomic E-state index is 6.57. The molecule has 3 nitrogen and oxygen atoms in total. The molecule has 0 spiro atoms. The summed E-state index contributed by atoms with van der Waals surface area (Å²) in [5, 5.41) is 0.228. The lowest BCUT2D eigenvalue weighted by molar-refractivity contribution is -0.0954. The summed E-state index contributed by atoms with van der Waals surface area (Å²) in [6.07, 6.45) is 8.47. The van der Waals surface area contributed by atoms with E-state index in [-0.39, 0.29) is 17.5 Å². The van der Waals surface area contributed by atoms with Crippen LogP contribution in [0.15, 0.2) is 0 Å². The minimum atomic E-state index is 0.228. The zero-order valence-corrected chi connectivity index (χ0v) is 15.8. The molecule has 2 aliphatic carbocycles. The van der Waals surface area contributed by atoms with Gasteiger partial charge < -0.3 is 14.2 Å². The van der Waals surface area contributed by atoms with Gasteiger partial charge in [0, 0.05) is 19.1 Å². The fourth-order valence-electron chi connectivity index (χ4n) is 5.06. The molecule has 0 amide bonds. The molecule has 3 rings (SSSR count). The molecule has 4 heteroatoms. The molecule has 8 atom stereocenters. The number of unbranched alkanes of at least 4 members (excludes halogenated alkanes) is 1. The van der Waals surface area contributed by atoms with E-state index in [0.717, 1.165) is 26.1 Å². The first-order chi connectivity index (χ1) is 11.2. The molecule has 8 unspecified atom stereocenters. The quantitative estimate of drug-likeness (QED) is 0.582. The van der Waals surface area contributed by atoms with Gasteiger partial charge >= 0.3 is 0 Å². The SMILES string of the molecule is CCCCOC1CCC2C3CCC(OCC)C(S)C3OC2C1C. The van der Waals surface area contributed by atoms with Crippen LogP contribution in [-0.2, 0) is 14.2 Å². The topological polar surface area (TPSA) is 27.7 Å². The summed E-state index contributed by atoms with van der Waals surface area (Å²) in [7, 11) is 0. The van der Waals surface area contributed by atoms with E-state index in [9.17, 15) is 0 Å². The van der Waals surface area contributed by atoms with E-state index in [2.05, 4.69) is 20.8 Å². The van der Waals surface area contributed by atoms with Crippen LogP contribution in [0, 0.1) is 17.8 Å². The first-order valence-electron chi connectivity index (χ1n) is 9.74. The first kappa shape index (κ1) is 18.0. The molecule has 3 fully saturated rings. The lowest BCUT2D eigenvalue weighted by atomic mass is 9.69. The van der Waals surface area contributed by atoms with E-state index in [0.29, 0.717) is 30.0 Å². The van der Waals surface area contributed by atoms with Crippen LogP contribution in [0.2, 0.25) is 0 Å². The third-order valence-corrected chi connectivity index (χ3v) is 6.94. The zero-order chi connectivity index (χ0) is 16.4. The Balaban J connectivity index is 1.62. The van der Waals surface area contributed by atoms with Gasteiger partial charge in [-0.15, -0.1) is 0 Å². The van der Waals surface area contributed by atoms with Crippen molar-refractivity contribution in [3.63, 3.8) is 0 Å². The summed E-state index contributed by atoms with van der Waals surface area (Å²) < 4.78 is 18.6. The highest BCUT2D eigenvalue weighted by atomic mass is 32.1. The molecule has 0 radical (unpaired) electrons. The van der Waals surface area contributed by atoms with Crippen molar-refractivity contribution < 1.29 is 14.2 Å². The Morgan fingerprint density at radius 3 is 2.35 bits per heavy atom. The zero-order valence-electron chi connectivity index (χ0n) is 14.9. The Morgan fingerprint density at radius 2 is 1.65 bits per heavy atom. The van der Waals surface area contributed by atoms with Crippen LogP contribution in [-0.4, -0.2) is 42.9 Å². The lowest BCUT2D eigenvalue weighted by Crippen LogP contribution is -2.44. The Hall–Kier alpha value is 0.230. The van der Waals surface area contributed by atoms with Crippen molar-refractivity contribution >= 4 is 12.6 Å². The number of thiol groups is 1. The number of fused-ring (bicyclic) bond motifs is 3. The summed E-state index contributed by atoms with van der Waals surface area (Å²) in [6, 6.07) is 0. The van der Waals surface area contributed by atoms with Crippen molar-refractivity contribution in [1.29, 1.82) is 0 Å². The van der Waals surface area contributed by atoms with Crippen molar-refractivity contribution in [3.05, 3.63) is 0 Å². The number of rotatable bonds is 6. The largest absolute Gasteiger partial charge is 0.378 e. The average Bonchev–Trinajstić information content (AvgIpc) is 2.93. The smallest absolute Gasteiger partial charge is 0.0752 e. The van der Waals surface area contributed by atoms with Crippen molar-refractivity contribution in [2.45, 2.75) is 89.0 Å². The molecule has 23 heavy (non-hydrogen) atoms. The molecular weight excluding hydrogens is 308 g/mol. The van der Waals surface area contributed by atoms with E-state index in [4.69, 9.17) is 26.8 Å². The molecule has 1 saturated heterocycles. The van der Waals surface area contributed by atoms with Gasteiger partial charge in [-0.1, -0.05) is 20.3 Å². The second-order valence-electron chi connectivity index (χ2n) is 7.65. The molecular formula is C19H34O3S. The lowest BCUT2D eigenvalue weighted by Gasteiger charge is -2.39. The van der Waals surface area contributed by atoms with Crippen molar-refractivity contribution in [3.8, 4) is 0 Å². The molecule has 2 saturated carbocycles. The number of ether oxygens (including phenoxy) is 3. The Bertz CT molecular complexity index is 378. The number of hydrogen-bond donors (Lipinski definition) is 1. The van der Waals surface area contributed by atoms with Gasteiger partial charge in [-0.2, -0.15) is 12.6 Å². The van der Waals surface area contributed by atoms with Crippen LogP contribution in [0.5, 0.6) is 0 Å². The third-order valence-electron chi connectivity index (χ3n) is 6.31. The maximum absolute atomic E-state index is 6.57. The maximum Gasteiger partial charge on any atom is 0.0752 e. The molecule has 1 heterocycles. The van der Waals surface area contributed by atoms with Crippen molar-refractivity contribution in [2.24, 2.45) is 17.8 Å². The normalized spacial score (nSPS) is 46.4. The van der Waals surface area contributed by atoms with Gasteiger partial charge in [-0.25, -0.2) is 0 Å². The second-order valence-corrected chi connectivity index (χ2v) is 8.25. The highest BCUT2D eigenvalue weighted by molar-refractivity contribution is 7.81. The van der Waals surface area contributed by atoms with Gasteiger partial charge in [0.15, 0.2) is 0 Å². The predicted molar refractivity (Wildman–Crippen MR) is 96.1 cm³/mol. The Kier molecular flexibility index (Phi) is 6.33. The van der Waals surface area contributed by atoms with Crippen LogP contribution in [0.1, 0.15) is 59.3 Å². The van der Waals surface area contributed by atoms with Gasteiger partial charge in [0.25, 0.3) is 0 Å². The average molecular weight is 343 g/mol. The molecule has 0 N–H and O–H groups in total. The Labute approximate surface area is 147 Å². The number of hydrogen-bond acceptors (Lipinski definition) is 4. The monoisotopic (exact) mass is 342 g/mol. The van der Waals surface area contributed by atoms with Gasteiger partial charge in [0.05, 0.1) is 29.7 Å². The van der Waals surface area contributed by atoms with E-state index < -0.39 is 0 Å². The molecule has 0 aromatic carbocycles. The molecule has 3 aliphatic rings. The summed E-state index contributed by atoms with van der Waals surface area (Å²) in [4.78, 5) is 0. The minimum Gasteiger partial charge on any atom is -0.378 e. The molecule has 1 aliphatic heterocycles.